The fourth-order valence-corrected chi connectivity index (χ4v) is 7.91. The lowest BCUT2D eigenvalue weighted by atomic mass is 9.70. The number of hydrogen-bond acceptors (Lipinski definition) is 6. The lowest BCUT2D eigenvalue weighted by Crippen LogP contribution is -2.40. The summed E-state index contributed by atoms with van der Waals surface area (Å²) in [5.74, 6) is 2.94. The van der Waals surface area contributed by atoms with Gasteiger partial charge in [0.25, 0.3) is 0 Å². The van der Waals surface area contributed by atoms with Gasteiger partial charge >= 0.3 is 0 Å². The van der Waals surface area contributed by atoms with Gasteiger partial charge in [-0.05, 0) is 98.8 Å². The van der Waals surface area contributed by atoms with Crippen LogP contribution in [0.15, 0.2) is 30.5 Å². The molecule has 3 atom stereocenters. The van der Waals surface area contributed by atoms with Gasteiger partial charge in [-0.1, -0.05) is 11.6 Å². The second-order valence-corrected chi connectivity index (χ2v) is 12.2. The number of rotatable bonds is 6. The molecule has 194 valence electrons. The number of nitrogens with two attached hydrogens (primary N) is 1. The van der Waals surface area contributed by atoms with E-state index >= 15 is 0 Å². The number of aromatic nitrogens is 1. The molecule has 0 spiro atoms. The van der Waals surface area contributed by atoms with E-state index in [9.17, 15) is 5.26 Å². The molecular formula is C30H36ClN5O. The van der Waals surface area contributed by atoms with Gasteiger partial charge in [-0.2, -0.15) is 5.26 Å². The van der Waals surface area contributed by atoms with Crippen molar-refractivity contribution in [2.45, 2.75) is 63.3 Å². The van der Waals surface area contributed by atoms with E-state index in [1.807, 2.05) is 12.1 Å². The Morgan fingerprint density at radius 1 is 1.16 bits per heavy atom. The van der Waals surface area contributed by atoms with Crippen molar-refractivity contribution < 1.29 is 4.74 Å². The van der Waals surface area contributed by atoms with Gasteiger partial charge in [0.15, 0.2) is 0 Å². The first-order valence-electron chi connectivity index (χ1n) is 13.7. The molecule has 1 aliphatic heterocycles. The number of likely N-dealkylation sites (tertiary alicyclic amines) is 1. The van der Waals surface area contributed by atoms with Crippen LogP contribution in [-0.2, 0) is 0 Å². The van der Waals surface area contributed by atoms with Crippen molar-refractivity contribution in [1.82, 2.24) is 9.88 Å². The van der Waals surface area contributed by atoms with Crippen LogP contribution in [0.2, 0.25) is 5.02 Å². The molecule has 0 bridgehead atoms. The number of benzene rings is 1. The maximum absolute atomic E-state index is 9.85. The van der Waals surface area contributed by atoms with E-state index in [0.29, 0.717) is 57.6 Å². The molecule has 4 aliphatic rings. The Bertz CT molecular complexity index is 1230. The number of hydrogen-bond donors (Lipinski definition) is 2. The Hall–Kier alpha value is -2.62. The summed E-state index contributed by atoms with van der Waals surface area (Å²) in [6.07, 6.45) is 11.0. The third kappa shape index (κ3) is 4.51. The SMILES string of the molecule is COc1cc(C(=N)c2cc(C3C[C@@H]4CN(C5CCC(C#N)(C6CC6)CC5)C[C@@H]4C3)c(Cl)cc2N)ccn1. The summed E-state index contributed by atoms with van der Waals surface area (Å²) in [5.41, 5.74) is 9.77. The molecule has 6 rings (SSSR count). The van der Waals surface area contributed by atoms with Gasteiger partial charge in [-0.3, -0.25) is 10.3 Å². The molecule has 3 N–H and O–H groups in total. The van der Waals surface area contributed by atoms with Gasteiger partial charge in [0.2, 0.25) is 5.88 Å². The molecule has 1 unspecified atom stereocenters. The normalized spacial score (nSPS) is 31.6. The first-order chi connectivity index (χ1) is 17.9. The van der Waals surface area contributed by atoms with Crippen LogP contribution in [0.25, 0.3) is 0 Å². The van der Waals surface area contributed by atoms with E-state index in [2.05, 4.69) is 22.0 Å². The zero-order valence-electron chi connectivity index (χ0n) is 21.5. The van der Waals surface area contributed by atoms with Crippen molar-refractivity contribution >= 4 is 23.0 Å². The van der Waals surface area contributed by atoms with Crippen LogP contribution >= 0.6 is 11.6 Å². The standard InChI is InChI=1S/C30H36ClN5O/c1-37-28-12-18(6-9-35-28)29(34)25-13-24(26(31)14-27(25)33)19-10-20-15-36(16-21(20)11-19)23-4-7-30(17-32,8-5-23)22-2-3-22/h6,9,12-14,19-23,34H,2-5,7-8,10-11,15-16,33H2,1H3/t19?,20-,21+,23?,30?. The molecule has 37 heavy (non-hydrogen) atoms. The van der Waals surface area contributed by atoms with Crippen LogP contribution < -0.4 is 10.5 Å². The zero-order chi connectivity index (χ0) is 25.7. The summed E-state index contributed by atoms with van der Waals surface area (Å²) in [4.78, 5) is 6.89. The fourth-order valence-electron chi connectivity index (χ4n) is 7.59. The summed E-state index contributed by atoms with van der Waals surface area (Å²) < 4.78 is 5.24. The molecule has 1 saturated heterocycles. The highest BCUT2D eigenvalue weighted by atomic mass is 35.5. The Balaban J connectivity index is 1.13. The molecule has 3 aliphatic carbocycles. The average Bonchev–Trinajstić information content (AvgIpc) is 3.60. The summed E-state index contributed by atoms with van der Waals surface area (Å²) >= 11 is 6.74. The van der Waals surface area contributed by atoms with Gasteiger partial charge in [-0.25, -0.2) is 4.98 Å². The number of ether oxygens (including phenoxy) is 1. The predicted octanol–water partition coefficient (Wildman–Crippen LogP) is 6.03. The molecule has 1 aromatic heterocycles. The van der Waals surface area contributed by atoms with E-state index in [-0.39, 0.29) is 5.41 Å². The van der Waals surface area contributed by atoms with Gasteiger partial charge in [0, 0.05) is 53.2 Å². The highest BCUT2D eigenvalue weighted by Crippen LogP contribution is 2.55. The lowest BCUT2D eigenvalue weighted by molar-refractivity contribution is 0.116. The van der Waals surface area contributed by atoms with E-state index in [1.54, 1.807) is 19.4 Å². The molecule has 0 amide bonds. The summed E-state index contributed by atoms with van der Waals surface area (Å²) in [6.45, 7) is 2.34. The number of anilines is 1. The molecule has 7 heteroatoms. The minimum absolute atomic E-state index is 0.0179. The van der Waals surface area contributed by atoms with Crippen LogP contribution in [0.1, 0.15) is 74.0 Å². The van der Waals surface area contributed by atoms with E-state index in [1.165, 1.54) is 38.8 Å². The average molecular weight is 518 g/mol. The first kappa shape index (κ1) is 24.7. The van der Waals surface area contributed by atoms with Gasteiger partial charge in [0.05, 0.1) is 24.3 Å². The van der Waals surface area contributed by atoms with Crippen molar-refractivity contribution in [1.29, 1.82) is 10.7 Å². The predicted molar refractivity (Wildman–Crippen MR) is 146 cm³/mol. The number of nitrogens with one attached hydrogen (secondary N) is 1. The number of methoxy groups -OCH3 is 1. The van der Waals surface area contributed by atoms with Crippen LogP contribution in [-0.4, -0.2) is 41.8 Å². The van der Waals surface area contributed by atoms with Crippen molar-refractivity contribution in [3.8, 4) is 11.9 Å². The highest BCUT2D eigenvalue weighted by molar-refractivity contribution is 6.32. The van der Waals surface area contributed by atoms with E-state index < -0.39 is 0 Å². The van der Waals surface area contributed by atoms with Gasteiger partial charge in [0.1, 0.15) is 0 Å². The van der Waals surface area contributed by atoms with E-state index in [0.717, 1.165) is 36.8 Å². The maximum Gasteiger partial charge on any atom is 0.213 e. The first-order valence-corrected chi connectivity index (χ1v) is 14.1. The molecular weight excluding hydrogens is 482 g/mol. The Labute approximate surface area is 224 Å². The van der Waals surface area contributed by atoms with Crippen molar-refractivity contribution in [3.63, 3.8) is 0 Å². The van der Waals surface area contributed by atoms with Gasteiger partial charge < -0.3 is 10.5 Å². The molecule has 1 aromatic carbocycles. The quantitative estimate of drug-likeness (QED) is 0.360. The largest absolute Gasteiger partial charge is 0.481 e. The molecule has 2 aromatic rings. The molecule has 3 saturated carbocycles. The van der Waals surface area contributed by atoms with Crippen LogP contribution in [0, 0.1) is 39.9 Å². The monoisotopic (exact) mass is 517 g/mol. The molecule has 0 radical (unpaired) electrons. The minimum atomic E-state index is -0.0179. The summed E-state index contributed by atoms with van der Waals surface area (Å²) in [5, 5.41) is 19.4. The maximum atomic E-state index is 9.85. The van der Waals surface area contributed by atoms with Crippen LogP contribution in [0.3, 0.4) is 0 Å². The van der Waals surface area contributed by atoms with Crippen LogP contribution in [0.4, 0.5) is 5.69 Å². The third-order valence-corrected chi connectivity index (χ3v) is 10.2. The summed E-state index contributed by atoms with van der Waals surface area (Å²) in [7, 11) is 1.57. The second kappa shape index (κ2) is 9.60. The molecule has 2 heterocycles. The number of pyridine rings is 1. The fraction of sp³-hybridized carbons (Fsp3) is 0.567. The Morgan fingerprint density at radius 3 is 2.49 bits per heavy atom. The molecule has 4 fully saturated rings. The Kier molecular flexibility index (Phi) is 6.41. The molecule has 6 nitrogen and oxygen atoms in total. The number of fused-ring (bicyclic) bond motifs is 1. The lowest BCUT2D eigenvalue weighted by Gasteiger charge is -2.39. The van der Waals surface area contributed by atoms with Crippen molar-refractivity contribution in [2.75, 3.05) is 25.9 Å². The van der Waals surface area contributed by atoms with E-state index in [4.69, 9.17) is 27.5 Å². The van der Waals surface area contributed by atoms with Gasteiger partial charge in [-0.15, -0.1) is 0 Å². The Morgan fingerprint density at radius 2 is 1.86 bits per heavy atom. The minimum Gasteiger partial charge on any atom is -0.481 e. The number of nitrogens with zero attached hydrogens (tertiary/aromatic N) is 3. The van der Waals surface area contributed by atoms with Crippen molar-refractivity contribution in [3.05, 3.63) is 52.2 Å². The zero-order valence-corrected chi connectivity index (χ0v) is 22.3. The smallest absolute Gasteiger partial charge is 0.213 e. The highest BCUT2D eigenvalue weighted by Gasteiger charge is 2.50. The van der Waals surface area contributed by atoms with Crippen LogP contribution in [0.5, 0.6) is 5.88 Å². The number of nitrogen functional groups attached to an aromatic ring is 1. The number of halogens is 1. The third-order valence-electron chi connectivity index (χ3n) is 9.84. The summed E-state index contributed by atoms with van der Waals surface area (Å²) in [6, 6.07) is 10.8. The topological polar surface area (TPSA) is 99.0 Å². The number of nitriles is 1. The van der Waals surface area contributed by atoms with Crippen molar-refractivity contribution in [2.24, 2.45) is 23.2 Å². The second-order valence-electron chi connectivity index (χ2n) is 11.8.